The van der Waals surface area contributed by atoms with Gasteiger partial charge in [-0.3, -0.25) is 4.98 Å². The molecule has 1 atom stereocenters. The lowest BCUT2D eigenvalue weighted by Crippen LogP contribution is -2.49. The topological polar surface area (TPSA) is 101 Å². The van der Waals surface area contributed by atoms with Crippen molar-refractivity contribution in [2.75, 3.05) is 23.7 Å². The summed E-state index contributed by atoms with van der Waals surface area (Å²) in [6.45, 7) is 8.58. The number of aryl methyl sites for hydroxylation is 1. The molecule has 1 unspecified atom stereocenters. The molecule has 0 radical (unpaired) electrons. The Morgan fingerprint density at radius 3 is 2.68 bits per heavy atom. The van der Waals surface area contributed by atoms with Crippen LogP contribution in [0, 0.1) is 12.3 Å². The van der Waals surface area contributed by atoms with Crippen LogP contribution in [-0.4, -0.2) is 44.1 Å². The SMILES string of the molecule is Cc1cccc(Nc2cc(-c3nc(NC4CCNCC4(C)C)c4c(C5CCC5)cncc4n3)ccn2)n1. The van der Waals surface area contributed by atoms with Crippen molar-refractivity contribution in [3.8, 4) is 11.4 Å². The third-order valence-electron chi connectivity index (χ3n) is 7.79. The van der Waals surface area contributed by atoms with Crippen molar-refractivity contribution in [2.45, 2.75) is 58.4 Å². The molecule has 2 aliphatic rings. The zero-order chi connectivity index (χ0) is 25.4. The number of nitrogens with zero attached hydrogens (tertiary/aromatic N) is 5. The van der Waals surface area contributed by atoms with Crippen molar-refractivity contribution in [3.05, 3.63) is 60.2 Å². The standard InChI is InChI=1S/C29H34N8/c1-18-6-4-9-24(33-18)36-25-14-20(10-13-32-25)27-34-22-16-31-15-21(19-7-5-8-19)26(22)28(37-27)35-23-11-12-30-17-29(23,2)3/h4,6,9-10,13-16,19,23,30H,5,7-8,11-12,17H2,1-3H3,(H,32,33,36)(H,34,35,37). The van der Waals surface area contributed by atoms with Crippen LogP contribution in [0.15, 0.2) is 48.9 Å². The van der Waals surface area contributed by atoms with Gasteiger partial charge >= 0.3 is 0 Å². The predicted octanol–water partition coefficient (Wildman–Crippen LogP) is 5.60. The summed E-state index contributed by atoms with van der Waals surface area (Å²) in [6.07, 6.45) is 10.4. The van der Waals surface area contributed by atoms with Crippen molar-refractivity contribution < 1.29 is 0 Å². The summed E-state index contributed by atoms with van der Waals surface area (Å²) >= 11 is 0. The number of pyridine rings is 3. The molecular weight excluding hydrogens is 460 g/mol. The highest BCUT2D eigenvalue weighted by atomic mass is 15.1. The van der Waals surface area contributed by atoms with Crippen LogP contribution < -0.4 is 16.0 Å². The Morgan fingerprint density at radius 2 is 1.89 bits per heavy atom. The van der Waals surface area contributed by atoms with Gasteiger partial charge in [0.25, 0.3) is 0 Å². The van der Waals surface area contributed by atoms with E-state index in [4.69, 9.17) is 9.97 Å². The number of nitrogens with one attached hydrogen (secondary N) is 3. The Balaban J connectivity index is 1.42. The molecule has 8 heteroatoms. The molecule has 3 N–H and O–H groups in total. The van der Waals surface area contributed by atoms with Crippen molar-refractivity contribution in [1.29, 1.82) is 0 Å². The summed E-state index contributed by atoms with van der Waals surface area (Å²) in [7, 11) is 0. The smallest absolute Gasteiger partial charge is 0.162 e. The quantitative estimate of drug-likeness (QED) is 0.318. The van der Waals surface area contributed by atoms with E-state index in [2.05, 4.69) is 44.7 Å². The maximum Gasteiger partial charge on any atom is 0.162 e. The molecule has 5 heterocycles. The number of rotatable bonds is 6. The van der Waals surface area contributed by atoms with Gasteiger partial charge in [-0.1, -0.05) is 26.3 Å². The molecule has 0 spiro atoms. The zero-order valence-electron chi connectivity index (χ0n) is 21.8. The second-order valence-electron chi connectivity index (χ2n) is 11.0. The summed E-state index contributed by atoms with van der Waals surface area (Å²) in [4.78, 5) is 23.8. The molecule has 37 heavy (non-hydrogen) atoms. The largest absolute Gasteiger partial charge is 0.366 e. The van der Waals surface area contributed by atoms with Gasteiger partial charge in [0.15, 0.2) is 5.82 Å². The van der Waals surface area contributed by atoms with Crippen LogP contribution in [0.3, 0.4) is 0 Å². The van der Waals surface area contributed by atoms with Crippen LogP contribution in [0.1, 0.15) is 56.7 Å². The molecule has 1 aliphatic heterocycles. The maximum absolute atomic E-state index is 5.15. The first-order chi connectivity index (χ1) is 18.0. The normalized spacial score (nSPS) is 19.4. The molecule has 0 aromatic carbocycles. The van der Waals surface area contributed by atoms with Crippen LogP contribution in [0.2, 0.25) is 0 Å². The van der Waals surface area contributed by atoms with E-state index in [9.17, 15) is 0 Å². The third kappa shape index (κ3) is 4.85. The Labute approximate surface area is 217 Å². The summed E-state index contributed by atoms with van der Waals surface area (Å²) in [5.41, 5.74) is 4.11. The van der Waals surface area contributed by atoms with Crippen LogP contribution in [-0.2, 0) is 0 Å². The highest BCUT2D eigenvalue weighted by Crippen LogP contribution is 2.42. The van der Waals surface area contributed by atoms with Crippen LogP contribution in [0.5, 0.6) is 0 Å². The molecular formula is C29H34N8. The fourth-order valence-corrected chi connectivity index (χ4v) is 5.36. The van der Waals surface area contributed by atoms with Gasteiger partial charge in [-0.2, -0.15) is 0 Å². The zero-order valence-corrected chi connectivity index (χ0v) is 21.8. The molecule has 1 aliphatic carbocycles. The molecule has 0 bridgehead atoms. The molecule has 190 valence electrons. The number of fused-ring (bicyclic) bond motifs is 1. The number of hydrogen-bond acceptors (Lipinski definition) is 8. The van der Waals surface area contributed by atoms with Crippen molar-refractivity contribution in [2.24, 2.45) is 5.41 Å². The van der Waals surface area contributed by atoms with E-state index in [0.717, 1.165) is 53.3 Å². The van der Waals surface area contributed by atoms with Crippen LogP contribution >= 0.6 is 0 Å². The van der Waals surface area contributed by atoms with E-state index in [-0.39, 0.29) is 5.41 Å². The van der Waals surface area contributed by atoms with Crippen LogP contribution in [0.25, 0.3) is 22.3 Å². The van der Waals surface area contributed by atoms with Gasteiger partial charge in [0.2, 0.25) is 0 Å². The molecule has 1 saturated heterocycles. The van der Waals surface area contributed by atoms with E-state index in [1.807, 2.05) is 49.6 Å². The molecule has 2 fully saturated rings. The first kappa shape index (κ1) is 23.7. The Bertz CT molecular complexity index is 1430. The monoisotopic (exact) mass is 494 g/mol. The predicted molar refractivity (Wildman–Crippen MR) is 148 cm³/mol. The van der Waals surface area contributed by atoms with Crippen molar-refractivity contribution >= 4 is 28.4 Å². The van der Waals surface area contributed by atoms with Crippen molar-refractivity contribution in [1.82, 2.24) is 30.2 Å². The summed E-state index contributed by atoms with van der Waals surface area (Å²) in [5.74, 6) is 3.57. The lowest BCUT2D eigenvalue weighted by atomic mass is 9.78. The third-order valence-corrected chi connectivity index (χ3v) is 7.79. The molecule has 4 aromatic rings. The Kier molecular flexibility index (Phi) is 6.20. The Morgan fingerprint density at radius 1 is 1.00 bits per heavy atom. The molecule has 4 aromatic heterocycles. The Hall–Kier alpha value is -3.65. The molecule has 0 amide bonds. The molecule has 8 nitrogen and oxygen atoms in total. The number of hydrogen-bond donors (Lipinski definition) is 3. The summed E-state index contributed by atoms with van der Waals surface area (Å²) in [5, 5.41) is 11.8. The van der Waals surface area contributed by atoms with Gasteiger partial charge in [0.1, 0.15) is 17.5 Å². The van der Waals surface area contributed by atoms with Gasteiger partial charge in [0, 0.05) is 41.6 Å². The van der Waals surface area contributed by atoms with Gasteiger partial charge in [-0.25, -0.2) is 19.9 Å². The van der Waals surface area contributed by atoms with Gasteiger partial charge in [-0.15, -0.1) is 0 Å². The van der Waals surface area contributed by atoms with E-state index >= 15 is 0 Å². The van der Waals surface area contributed by atoms with E-state index in [1.54, 1.807) is 6.20 Å². The number of anilines is 3. The fraction of sp³-hybridized carbons (Fsp3) is 0.414. The minimum Gasteiger partial charge on any atom is -0.366 e. The van der Waals surface area contributed by atoms with Gasteiger partial charge < -0.3 is 16.0 Å². The highest BCUT2D eigenvalue weighted by molar-refractivity contribution is 5.93. The van der Waals surface area contributed by atoms with Crippen molar-refractivity contribution in [3.63, 3.8) is 0 Å². The molecule has 6 rings (SSSR count). The fourth-order valence-electron chi connectivity index (χ4n) is 5.36. The maximum atomic E-state index is 5.15. The summed E-state index contributed by atoms with van der Waals surface area (Å²) < 4.78 is 0. The average Bonchev–Trinajstić information content (AvgIpc) is 2.84. The molecule has 1 saturated carbocycles. The second-order valence-corrected chi connectivity index (χ2v) is 11.0. The van der Waals surface area contributed by atoms with E-state index in [1.165, 1.54) is 24.8 Å². The lowest BCUT2D eigenvalue weighted by molar-refractivity contribution is 0.236. The minimum atomic E-state index is 0.105. The van der Waals surface area contributed by atoms with E-state index in [0.29, 0.717) is 23.6 Å². The van der Waals surface area contributed by atoms with E-state index < -0.39 is 0 Å². The minimum absolute atomic E-state index is 0.105. The number of aromatic nitrogens is 5. The highest BCUT2D eigenvalue weighted by Gasteiger charge is 2.33. The number of piperidine rings is 1. The van der Waals surface area contributed by atoms with Crippen LogP contribution in [0.4, 0.5) is 17.5 Å². The first-order valence-electron chi connectivity index (χ1n) is 13.3. The van der Waals surface area contributed by atoms with Gasteiger partial charge in [0.05, 0.1) is 11.7 Å². The average molecular weight is 495 g/mol. The first-order valence-corrected chi connectivity index (χ1v) is 13.3. The second kappa shape index (κ2) is 9.67. The lowest BCUT2D eigenvalue weighted by Gasteiger charge is -2.40. The van der Waals surface area contributed by atoms with Gasteiger partial charge in [-0.05, 0) is 73.9 Å². The summed E-state index contributed by atoms with van der Waals surface area (Å²) in [6, 6.07) is 10.1.